The zero-order chi connectivity index (χ0) is 9.68. The van der Waals surface area contributed by atoms with Crippen LogP contribution < -0.4 is 0 Å². The highest BCUT2D eigenvalue weighted by Gasteiger charge is 2.05. The SMILES string of the molecule is C=N/C=C(\SC)c1ccncc1F. The van der Waals surface area contributed by atoms with Gasteiger partial charge in [-0.2, -0.15) is 0 Å². The van der Waals surface area contributed by atoms with Gasteiger partial charge in [0.1, 0.15) is 5.82 Å². The summed E-state index contributed by atoms with van der Waals surface area (Å²) in [5.41, 5.74) is 0.509. The van der Waals surface area contributed by atoms with Gasteiger partial charge in [0.15, 0.2) is 0 Å². The van der Waals surface area contributed by atoms with Crippen LogP contribution in [0.15, 0.2) is 29.7 Å². The minimum absolute atomic E-state index is 0.341. The lowest BCUT2D eigenvalue weighted by Gasteiger charge is -2.02. The van der Waals surface area contributed by atoms with Crippen LogP contribution in [0.3, 0.4) is 0 Å². The number of halogens is 1. The molecule has 0 atom stereocenters. The summed E-state index contributed by atoms with van der Waals surface area (Å²) >= 11 is 1.42. The van der Waals surface area contributed by atoms with Crippen LogP contribution in [0.5, 0.6) is 0 Å². The molecule has 1 aromatic heterocycles. The van der Waals surface area contributed by atoms with Crippen molar-refractivity contribution in [1.82, 2.24) is 4.98 Å². The third kappa shape index (κ3) is 2.39. The largest absolute Gasteiger partial charge is 0.271 e. The molecule has 0 saturated heterocycles. The summed E-state index contributed by atoms with van der Waals surface area (Å²) in [5, 5.41) is 0. The van der Waals surface area contributed by atoms with Crippen molar-refractivity contribution in [2.75, 3.05) is 6.26 Å². The monoisotopic (exact) mass is 196 g/mol. The fourth-order valence-electron chi connectivity index (χ4n) is 0.890. The predicted molar refractivity (Wildman–Crippen MR) is 55.2 cm³/mol. The maximum absolute atomic E-state index is 13.2. The highest BCUT2D eigenvalue weighted by atomic mass is 32.2. The summed E-state index contributed by atoms with van der Waals surface area (Å²) in [4.78, 5) is 8.01. The maximum atomic E-state index is 13.2. The van der Waals surface area contributed by atoms with E-state index in [4.69, 9.17) is 0 Å². The fraction of sp³-hybridized carbons (Fsp3) is 0.111. The molecular weight excluding hydrogens is 187 g/mol. The van der Waals surface area contributed by atoms with Crippen molar-refractivity contribution in [3.63, 3.8) is 0 Å². The van der Waals surface area contributed by atoms with Gasteiger partial charge in [-0.1, -0.05) is 0 Å². The first-order valence-corrected chi connectivity index (χ1v) is 4.82. The second-order valence-corrected chi connectivity index (χ2v) is 3.08. The molecule has 0 spiro atoms. The van der Waals surface area contributed by atoms with E-state index in [-0.39, 0.29) is 5.82 Å². The Hall–Kier alpha value is -1.16. The normalized spacial score (nSPS) is 11.4. The van der Waals surface area contributed by atoms with Crippen LogP contribution in [0.25, 0.3) is 4.91 Å². The fourth-order valence-corrected chi connectivity index (χ4v) is 1.46. The molecule has 0 unspecified atom stereocenters. The van der Waals surface area contributed by atoms with Crippen molar-refractivity contribution < 1.29 is 4.39 Å². The molecule has 0 saturated carbocycles. The molecule has 0 aliphatic rings. The number of aromatic nitrogens is 1. The van der Waals surface area contributed by atoms with Crippen LogP contribution in [0, 0.1) is 5.82 Å². The lowest BCUT2D eigenvalue weighted by atomic mass is 10.2. The minimum Gasteiger partial charge on any atom is -0.271 e. The zero-order valence-electron chi connectivity index (χ0n) is 7.20. The van der Waals surface area contributed by atoms with E-state index in [0.717, 1.165) is 4.91 Å². The van der Waals surface area contributed by atoms with Crippen molar-refractivity contribution in [2.24, 2.45) is 4.99 Å². The molecule has 0 aromatic carbocycles. The third-order valence-corrected chi connectivity index (χ3v) is 2.23. The highest BCUT2D eigenvalue weighted by molar-refractivity contribution is 8.07. The van der Waals surface area contributed by atoms with E-state index in [2.05, 4.69) is 16.7 Å². The molecule has 1 aromatic rings. The minimum atomic E-state index is -0.341. The van der Waals surface area contributed by atoms with Gasteiger partial charge in [-0.15, -0.1) is 11.8 Å². The van der Waals surface area contributed by atoms with Gasteiger partial charge in [-0.05, 0) is 19.0 Å². The van der Waals surface area contributed by atoms with Crippen molar-refractivity contribution in [3.8, 4) is 0 Å². The molecule has 1 rings (SSSR count). The van der Waals surface area contributed by atoms with Crippen LogP contribution in [-0.4, -0.2) is 18.0 Å². The Morgan fingerprint density at radius 3 is 3.08 bits per heavy atom. The Kier molecular flexibility index (Phi) is 3.64. The molecule has 0 radical (unpaired) electrons. The first-order valence-electron chi connectivity index (χ1n) is 3.59. The Balaban J connectivity index is 3.12. The Labute approximate surface area is 80.6 Å². The van der Waals surface area contributed by atoms with Gasteiger partial charge in [0.2, 0.25) is 0 Å². The first-order chi connectivity index (χ1) is 6.29. The topological polar surface area (TPSA) is 25.2 Å². The van der Waals surface area contributed by atoms with Crippen molar-refractivity contribution in [1.29, 1.82) is 0 Å². The van der Waals surface area contributed by atoms with Gasteiger partial charge in [0.25, 0.3) is 0 Å². The molecule has 1 heterocycles. The van der Waals surface area contributed by atoms with E-state index < -0.39 is 0 Å². The summed E-state index contributed by atoms with van der Waals surface area (Å²) < 4.78 is 13.2. The summed E-state index contributed by atoms with van der Waals surface area (Å²) in [7, 11) is 0. The van der Waals surface area contributed by atoms with Gasteiger partial charge in [0.05, 0.1) is 6.20 Å². The van der Waals surface area contributed by atoms with E-state index in [1.165, 1.54) is 24.2 Å². The van der Waals surface area contributed by atoms with Crippen LogP contribution in [0.4, 0.5) is 4.39 Å². The summed E-state index contributed by atoms with van der Waals surface area (Å²) in [6.45, 7) is 3.33. The number of rotatable bonds is 3. The van der Waals surface area contributed by atoms with E-state index in [9.17, 15) is 4.39 Å². The molecular formula is C9H9FN2S. The average molecular weight is 196 g/mol. The summed E-state index contributed by atoms with van der Waals surface area (Å²) in [6, 6.07) is 1.61. The van der Waals surface area contributed by atoms with Gasteiger partial charge < -0.3 is 0 Å². The zero-order valence-corrected chi connectivity index (χ0v) is 8.01. The number of thioether (sulfide) groups is 1. The maximum Gasteiger partial charge on any atom is 0.149 e. The van der Waals surface area contributed by atoms with Crippen LogP contribution in [0.1, 0.15) is 5.56 Å². The molecule has 68 valence electrons. The van der Waals surface area contributed by atoms with Crippen LogP contribution >= 0.6 is 11.8 Å². The van der Waals surface area contributed by atoms with Gasteiger partial charge in [-0.25, -0.2) is 4.39 Å². The quantitative estimate of drug-likeness (QED) is 0.694. The number of pyridine rings is 1. The summed E-state index contributed by atoms with van der Waals surface area (Å²) in [5.74, 6) is -0.341. The average Bonchev–Trinajstić information content (AvgIpc) is 2.16. The van der Waals surface area contributed by atoms with Crippen molar-refractivity contribution in [2.45, 2.75) is 0 Å². The predicted octanol–water partition coefficient (Wildman–Crippen LogP) is 2.58. The van der Waals surface area contributed by atoms with E-state index in [0.29, 0.717) is 5.56 Å². The Morgan fingerprint density at radius 1 is 1.77 bits per heavy atom. The molecule has 0 aliphatic carbocycles. The van der Waals surface area contributed by atoms with Crippen molar-refractivity contribution in [3.05, 3.63) is 36.0 Å². The molecule has 0 fully saturated rings. The van der Waals surface area contributed by atoms with Crippen LogP contribution in [0.2, 0.25) is 0 Å². The first kappa shape index (κ1) is 9.92. The second-order valence-electron chi connectivity index (χ2n) is 2.24. The molecule has 0 amide bonds. The second kappa shape index (κ2) is 4.77. The lowest BCUT2D eigenvalue weighted by Crippen LogP contribution is -1.87. The molecule has 0 bridgehead atoms. The Morgan fingerprint density at radius 2 is 2.54 bits per heavy atom. The molecule has 2 nitrogen and oxygen atoms in total. The van der Waals surface area contributed by atoms with E-state index in [1.807, 2.05) is 6.26 Å². The highest BCUT2D eigenvalue weighted by Crippen LogP contribution is 2.26. The Bertz CT molecular complexity index is 336. The smallest absolute Gasteiger partial charge is 0.149 e. The van der Waals surface area contributed by atoms with Gasteiger partial charge in [-0.3, -0.25) is 9.98 Å². The van der Waals surface area contributed by atoms with Crippen molar-refractivity contribution >= 4 is 23.4 Å². The van der Waals surface area contributed by atoms with E-state index >= 15 is 0 Å². The molecule has 0 aliphatic heterocycles. The van der Waals surface area contributed by atoms with Gasteiger partial charge >= 0.3 is 0 Å². The number of aliphatic imine (C=N–C) groups is 1. The number of nitrogens with zero attached hydrogens (tertiary/aromatic N) is 2. The van der Waals surface area contributed by atoms with Gasteiger partial charge in [0, 0.05) is 22.9 Å². The third-order valence-electron chi connectivity index (χ3n) is 1.47. The number of hydrogen-bond donors (Lipinski definition) is 0. The lowest BCUT2D eigenvalue weighted by molar-refractivity contribution is 0.618. The standard InChI is InChI=1S/C9H9FN2S/c1-11-6-9(13-2)7-3-4-12-5-8(7)10/h3-6H,1H2,2H3/b9-6-. The van der Waals surface area contributed by atoms with E-state index in [1.54, 1.807) is 12.3 Å². The number of hydrogen-bond acceptors (Lipinski definition) is 3. The molecule has 4 heteroatoms. The van der Waals surface area contributed by atoms with Crippen LogP contribution in [-0.2, 0) is 0 Å². The molecule has 0 N–H and O–H groups in total. The summed E-state index contributed by atoms with van der Waals surface area (Å²) in [6.07, 6.45) is 6.12. The molecule has 13 heavy (non-hydrogen) atoms.